The quantitative estimate of drug-likeness (QED) is 0.815. The Kier molecular flexibility index (Phi) is 5.78. The number of anilines is 1. The fourth-order valence-electron chi connectivity index (χ4n) is 1.99. The molecule has 2 aromatic rings. The van der Waals surface area contributed by atoms with Crippen LogP contribution >= 0.6 is 0 Å². The number of carbonyl (C=O) groups excluding carboxylic acids is 1. The van der Waals surface area contributed by atoms with Gasteiger partial charge in [-0.2, -0.15) is 0 Å². The van der Waals surface area contributed by atoms with E-state index >= 15 is 0 Å². The number of amides is 1. The molecular formula is C18H19NO5. The van der Waals surface area contributed by atoms with Crippen LogP contribution in [0.3, 0.4) is 0 Å². The van der Waals surface area contributed by atoms with Crippen LogP contribution in [0, 0.1) is 0 Å². The molecule has 0 spiro atoms. The third-order valence-corrected chi connectivity index (χ3v) is 3.21. The third-order valence-electron chi connectivity index (χ3n) is 3.21. The monoisotopic (exact) mass is 329 g/mol. The molecule has 1 atom stereocenters. The minimum atomic E-state index is -1.05. The van der Waals surface area contributed by atoms with Gasteiger partial charge in [-0.1, -0.05) is 12.1 Å². The number of hydrogen-bond acceptors (Lipinski definition) is 4. The fourth-order valence-corrected chi connectivity index (χ4v) is 1.99. The van der Waals surface area contributed by atoms with Gasteiger partial charge in [0.1, 0.15) is 11.5 Å². The Hall–Kier alpha value is -3.02. The Labute approximate surface area is 140 Å². The van der Waals surface area contributed by atoms with Crippen LogP contribution in [-0.2, 0) is 4.79 Å². The summed E-state index contributed by atoms with van der Waals surface area (Å²) in [6.45, 7) is 3.81. The molecule has 0 aromatic heterocycles. The zero-order valence-corrected chi connectivity index (χ0v) is 13.5. The Balaban J connectivity index is 2.07. The molecule has 1 amide bonds. The summed E-state index contributed by atoms with van der Waals surface area (Å²) in [4.78, 5) is 23.1. The zero-order valence-electron chi connectivity index (χ0n) is 13.5. The number of carbonyl (C=O) groups is 2. The van der Waals surface area contributed by atoms with Crippen molar-refractivity contribution in [2.45, 2.75) is 20.0 Å². The van der Waals surface area contributed by atoms with E-state index in [1.54, 1.807) is 36.4 Å². The van der Waals surface area contributed by atoms with Gasteiger partial charge in [-0.15, -0.1) is 0 Å². The van der Waals surface area contributed by atoms with Gasteiger partial charge in [0.15, 0.2) is 6.10 Å². The number of rotatable bonds is 7. The van der Waals surface area contributed by atoms with Crippen molar-refractivity contribution in [3.8, 4) is 11.5 Å². The summed E-state index contributed by atoms with van der Waals surface area (Å²) in [5.41, 5.74) is 1.01. The van der Waals surface area contributed by atoms with Crippen molar-refractivity contribution in [2.24, 2.45) is 0 Å². The first-order valence-corrected chi connectivity index (χ1v) is 7.54. The predicted molar refractivity (Wildman–Crippen MR) is 89.7 cm³/mol. The van der Waals surface area contributed by atoms with Crippen LogP contribution in [0.1, 0.15) is 24.2 Å². The second-order valence-corrected chi connectivity index (χ2v) is 5.01. The number of nitrogens with one attached hydrogen (secondary N) is 1. The first kappa shape index (κ1) is 17.3. The van der Waals surface area contributed by atoms with Gasteiger partial charge in [0.25, 0.3) is 5.91 Å². The predicted octanol–water partition coefficient (Wildman–Crippen LogP) is 3.19. The van der Waals surface area contributed by atoms with Gasteiger partial charge in [-0.05, 0) is 50.2 Å². The van der Waals surface area contributed by atoms with E-state index in [4.69, 9.17) is 14.6 Å². The van der Waals surface area contributed by atoms with Crippen LogP contribution in [0.25, 0.3) is 0 Å². The lowest BCUT2D eigenvalue weighted by Crippen LogP contribution is -2.22. The van der Waals surface area contributed by atoms with E-state index in [0.717, 1.165) is 0 Å². The summed E-state index contributed by atoms with van der Waals surface area (Å²) < 4.78 is 10.7. The Bertz CT molecular complexity index is 712. The number of aliphatic carboxylic acids is 1. The van der Waals surface area contributed by atoms with Crippen molar-refractivity contribution in [1.29, 1.82) is 0 Å². The summed E-state index contributed by atoms with van der Waals surface area (Å²) >= 11 is 0. The molecule has 0 unspecified atom stereocenters. The van der Waals surface area contributed by atoms with E-state index in [0.29, 0.717) is 29.4 Å². The molecule has 0 heterocycles. The van der Waals surface area contributed by atoms with Gasteiger partial charge in [0.2, 0.25) is 0 Å². The molecule has 0 aliphatic heterocycles. The second kappa shape index (κ2) is 8.01. The fraction of sp³-hybridized carbons (Fsp3) is 0.222. The molecule has 2 N–H and O–H groups in total. The molecule has 0 fully saturated rings. The number of ether oxygens (including phenoxy) is 2. The Morgan fingerprint density at radius 3 is 2.42 bits per heavy atom. The van der Waals surface area contributed by atoms with Crippen LogP contribution < -0.4 is 14.8 Å². The average molecular weight is 329 g/mol. The highest BCUT2D eigenvalue weighted by atomic mass is 16.5. The smallest absolute Gasteiger partial charge is 0.344 e. The van der Waals surface area contributed by atoms with Gasteiger partial charge in [0, 0.05) is 5.56 Å². The summed E-state index contributed by atoms with van der Waals surface area (Å²) in [5, 5.41) is 11.6. The molecule has 2 aromatic carbocycles. The second-order valence-electron chi connectivity index (χ2n) is 5.01. The molecule has 2 rings (SSSR count). The summed E-state index contributed by atoms with van der Waals surface area (Å²) in [6, 6.07) is 13.4. The Morgan fingerprint density at radius 1 is 1.12 bits per heavy atom. The van der Waals surface area contributed by atoms with E-state index in [1.807, 2.05) is 19.1 Å². The largest absolute Gasteiger partial charge is 0.492 e. The van der Waals surface area contributed by atoms with Gasteiger partial charge < -0.3 is 19.9 Å². The van der Waals surface area contributed by atoms with Crippen molar-refractivity contribution < 1.29 is 24.2 Å². The number of benzene rings is 2. The van der Waals surface area contributed by atoms with Crippen molar-refractivity contribution in [3.63, 3.8) is 0 Å². The van der Waals surface area contributed by atoms with E-state index in [9.17, 15) is 9.59 Å². The SMILES string of the molecule is CCOc1ccccc1NC(=O)c1ccc(O[C@H](C)C(=O)O)cc1. The molecule has 0 aliphatic rings. The third kappa shape index (κ3) is 4.49. The zero-order chi connectivity index (χ0) is 17.5. The number of carboxylic acid groups (broad SMARTS) is 1. The first-order valence-electron chi connectivity index (χ1n) is 7.54. The van der Waals surface area contributed by atoms with Gasteiger partial charge in [0.05, 0.1) is 12.3 Å². The first-order chi connectivity index (χ1) is 11.5. The van der Waals surface area contributed by atoms with Crippen molar-refractivity contribution >= 4 is 17.6 Å². The molecule has 126 valence electrons. The normalized spacial score (nSPS) is 11.4. The summed E-state index contributed by atoms with van der Waals surface area (Å²) in [6.07, 6.45) is -0.956. The van der Waals surface area contributed by atoms with E-state index in [-0.39, 0.29) is 5.91 Å². The lowest BCUT2D eigenvalue weighted by atomic mass is 10.2. The van der Waals surface area contributed by atoms with Crippen molar-refractivity contribution in [1.82, 2.24) is 0 Å². The maximum atomic E-state index is 12.3. The lowest BCUT2D eigenvalue weighted by Gasteiger charge is -2.12. The Morgan fingerprint density at radius 2 is 1.79 bits per heavy atom. The number of para-hydroxylation sites is 2. The molecule has 6 heteroatoms. The highest BCUT2D eigenvalue weighted by Crippen LogP contribution is 2.24. The molecule has 0 radical (unpaired) electrons. The number of hydrogen-bond donors (Lipinski definition) is 2. The standard InChI is InChI=1S/C18H19NO5/c1-3-23-16-7-5-4-6-15(16)19-17(20)13-8-10-14(11-9-13)24-12(2)18(21)22/h4-12H,3H2,1-2H3,(H,19,20)(H,21,22)/t12-/m1/s1. The molecule has 24 heavy (non-hydrogen) atoms. The van der Waals surface area contributed by atoms with Crippen LogP contribution in [-0.4, -0.2) is 29.7 Å². The highest BCUT2D eigenvalue weighted by Gasteiger charge is 2.13. The van der Waals surface area contributed by atoms with Gasteiger partial charge in [-0.3, -0.25) is 4.79 Å². The van der Waals surface area contributed by atoms with Crippen LogP contribution in [0.5, 0.6) is 11.5 Å². The van der Waals surface area contributed by atoms with E-state index in [2.05, 4.69) is 5.32 Å². The van der Waals surface area contributed by atoms with Crippen molar-refractivity contribution in [2.75, 3.05) is 11.9 Å². The van der Waals surface area contributed by atoms with Crippen molar-refractivity contribution in [3.05, 3.63) is 54.1 Å². The van der Waals surface area contributed by atoms with Gasteiger partial charge in [-0.25, -0.2) is 4.79 Å². The molecule has 0 bridgehead atoms. The molecular weight excluding hydrogens is 310 g/mol. The minimum absolute atomic E-state index is 0.292. The molecule has 0 saturated heterocycles. The topological polar surface area (TPSA) is 84.9 Å². The molecule has 6 nitrogen and oxygen atoms in total. The van der Waals surface area contributed by atoms with E-state index < -0.39 is 12.1 Å². The number of carboxylic acids is 1. The average Bonchev–Trinajstić information content (AvgIpc) is 2.57. The van der Waals surface area contributed by atoms with E-state index in [1.165, 1.54) is 6.92 Å². The molecule has 0 aliphatic carbocycles. The summed E-state index contributed by atoms with van der Waals surface area (Å²) in [5.74, 6) is -0.357. The van der Waals surface area contributed by atoms with Crippen LogP contribution in [0.2, 0.25) is 0 Å². The summed E-state index contributed by atoms with van der Waals surface area (Å²) in [7, 11) is 0. The highest BCUT2D eigenvalue weighted by molar-refractivity contribution is 6.05. The van der Waals surface area contributed by atoms with Gasteiger partial charge >= 0.3 is 5.97 Å². The van der Waals surface area contributed by atoms with Crippen LogP contribution in [0.4, 0.5) is 5.69 Å². The molecule has 0 saturated carbocycles. The maximum Gasteiger partial charge on any atom is 0.344 e. The van der Waals surface area contributed by atoms with Crippen LogP contribution in [0.15, 0.2) is 48.5 Å². The lowest BCUT2D eigenvalue weighted by molar-refractivity contribution is -0.144. The maximum absolute atomic E-state index is 12.3. The minimum Gasteiger partial charge on any atom is -0.492 e.